The van der Waals surface area contributed by atoms with Crippen LogP contribution in [-0.4, -0.2) is 40.1 Å². The molecule has 3 rings (SSSR count). The van der Waals surface area contributed by atoms with Crippen LogP contribution in [0.4, 0.5) is 27.8 Å². The zero-order valence-corrected chi connectivity index (χ0v) is 14.9. The first-order valence-corrected chi connectivity index (χ1v) is 8.52. The molecule has 140 valence electrons. The van der Waals surface area contributed by atoms with E-state index in [1.165, 1.54) is 12.1 Å². The lowest BCUT2D eigenvalue weighted by Gasteiger charge is -2.12. The quantitative estimate of drug-likeness (QED) is 0.427. The number of likely N-dealkylation sites (N-methyl/N-ethyl adjacent to an activating group) is 1. The van der Waals surface area contributed by atoms with Crippen molar-refractivity contribution in [3.63, 3.8) is 0 Å². The first-order chi connectivity index (χ1) is 13.2. The maximum Gasteiger partial charge on any atom is 0.226 e. The van der Waals surface area contributed by atoms with E-state index < -0.39 is 0 Å². The smallest absolute Gasteiger partial charge is 0.226 e. The maximum atomic E-state index is 13.0. The SMILES string of the molecule is CNCCNc1cc(Nc2cnccn2)nc(NCc2ccc(F)cc2)n1. The highest BCUT2D eigenvalue weighted by Crippen LogP contribution is 2.18. The fraction of sp³-hybridized carbons (Fsp3) is 0.222. The number of anilines is 4. The lowest BCUT2D eigenvalue weighted by Crippen LogP contribution is -2.18. The van der Waals surface area contributed by atoms with Gasteiger partial charge >= 0.3 is 0 Å². The third kappa shape index (κ3) is 5.86. The van der Waals surface area contributed by atoms with Crippen LogP contribution in [0, 0.1) is 5.82 Å². The number of nitrogens with one attached hydrogen (secondary N) is 4. The second-order valence-electron chi connectivity index (χ2n) is 5.69. The molecule has 27 heavy (non-hydrogen) atoms. The Morgan fingerprint density at radius 1 is 0.926 bits per heavy atom. The molecule has 0 spiro atoms. The molecule has 0 aliphatic carbocycles. The van der Waals surface area contributed by atoms with Gasteiger partial charge in [-0.05, 0) is 24.7 Å². The molecule has 4 N–H and O–H groups in total. The van der Waals surface area contributed by atoms with Gasteiger partial charge in [0.25, 0.3) is 0 Å². The molecular weight excluding hydrogens is 347 g/mol. The Kier molecular flexibility index (Phi) is 6.42. The molecule has 1 aromatic carbocycles. The molecule has 9 heteroatoms. The average Bonchev–Trinajstić information content (AvgIpc) is 2.68. The van der Waals surface area contributed by atoms with Crippen molar-refractivity contribution >= 4 is 23.4 Å². The predicted octanol–water partition coefficient (Wildman–Crippen LogP) is 2.39. The van der Waals surface area contributed by atoms with Crippen LogP contribution in [0.5, 0.6) is 0 Å². The van der Waals surface area contributed by atoms with Gasteiger partial charge in [0.05, 0.1) is 6.20 Å². The largest absolute Gasteiger partial charge is 0.369 e. The molecule has 0 fully saturated rings. The van der Waals surface area contributed by atoms with E-state index in [4.69, 9.17) is 0 Å². The molecule has 2 aromatic heterocycles. The number of benzene rings is 1. The van der Waals surface area contributed by atoms with E-state index >= 15 is 0 Å². The molecule has 3 aromatic rings. The zero-order valence-electron chi connectivity index (χ0n) is 14.9. The summed E-state index contributed by atoms with van der Waals surface area (Å²) >= 11 is 0. The average molecular weight is 368 g/mol. The van der Waals surface area contributed by atoms with Crippen LogP contribution in [0.25, 0.3) is 0 Å². The van der Waals surface area contributed by atoms with Crippen molar-refractivity contribution in [1.29, 1.82) is 0 Å². The topological polar surface area (TPSA) is 99.7 Å². The summed E-state index contributed by atoms with van der Waals surface area (Å²) in [7, 11) is 1.89. The van der Waals surface area contributed by atoms with Crippen molar-refractivity contribution in [1.82, 2.24) is 25.3 Å². The molecule has 0 radical (unpaired) electrons. The maximum absolute atomic E-state index is 13.0. The van der Waals surface area contributed by atoms with E-state index in [2.05, 4.69) is 41.2 Å². The number of rotatable bonds is 9. The highest BCUT2D eigenvalue weighted by molar-refractivity contribution is 5.58. The number of hydrogen-bond acceptors (Lipinski definition) is 8. The Morgan fingerprint density at radius 3 is 2.48 bits per heavy atom. The van der Waals surface area contributed by atoms with E-state index in [1.807, 2.05) is 7.05 Å². The Hall–Kier alpha value is -3.33. The lowest BCUT2D eigenvalue weighted by molar-refractivity contribution is 0.627. The number of halogens is 1. The fourth-order valence-electron chi connectivity index (χ4n) is 2.27. The summed E-state index contributed by atoms with van der Waals surface area (Å²) in [5.74, 6) is 2.02. The van der Waals surface area contributed by atoms with E-state index in [0.717, 1.165) is 18.7 Å². The van der Waals surface area contributed by atoms with Gasteiger partial charge in [-0.25, -0.2) is 9.37 Å². The lowest BCUT2D eigenvalue weighted by atomic mass is 10.2. The Morgan fingerprint density at radius 2 is 1.74 bits per heavy atom. The molecule has 0 saturated heterocycles. The summed E-state index contributed by atoms with van der Waals surface area (Å²) in [4.78, 5) is 17.1. The summed E-state index contributed by atoms with van der Waals surface area (Å²) in [6.45, 7) is 2.00. The van der Waals surface area contributed by atoms with Crippen LogP contribution >= 0.6 is 0 Å². The highest BCUT2D eigenvalue weighted by Gasteiger charge is 2.06. The monoisotopic (exact) mass is 368 g/mol. The van der Waals surface area contributed by atoms with E-state index in [0.29, 0.717) is 29.9 Å². The second kappa shape index (κ2) is 9.39. The first-order valence-electron chi connectivity index (χ1n) is 8.52. The molecule has 0 unspecified atom stereocenters. The Balaban J connectivity index is 1.74. The normalized spacial score (nSPS) is 10.4. The minimum Gasteiger partial charge on any atom is -0.369 e. The van der Waals surface area contributed by atoms with Crippen LogP contribution in [0.2, 0.25) is 0 Å². The van der Waals surface area contributed by atoms with Crippen molar-refractivity contribution in [3.05, 3.63) is 60.3 Å². The summed E-state index contributed by atoms with van der Waals surface area (Å²) in [5, 5.41) is 12.6. The van der Waals surface area contributed by atoms with Crippen molar-refractivity contribution in [2.24, 2.45) is 0 Å². The van der Waals surface area contributed by atoms with E-state index in [-0.39, 0.29) is 5.82 Å². The second-order valence-corrected chi connectivity index (χ2v) is 5.69. The van der Waals surface area contributed by atoms with Crippen LogP contribution in [0.15, 0.2) is 48.9 Å². The van der Waals surface area contributed by atoms with E-state index in [9.17, 15) is 4.39 Å². The molecule has 0 saturated carbocycles. The summed E-state index contributed by atoms with van der Waals surface area (Å²) < 4.78 is 13.0. The van der Waals surface area contributed by atoms with Gasteiger partial charge in [-0.3, -0.25) is 4.98 Å². The predicted molar refractivity (Wildman–Crippen MR) is 103 cm³/mol. The van der Waals surface area contributed by atoms with Crippen molar-refractivity contribution < 1.29 is 4.39 Å². The van der Waals surface area contributed by atoms with Gasteiger partial charge in [-0.2, -0.15) is 9.97 Å². The summed E-state index contributed by atoms with van der Waals surface area (Å²) in [6.07, 6.45) is 4.82. The van der Waals surface area contributed by atoms with Gasteiger partial charge < -0.3 is 21.3 Å². The van der Waals surface area contributed by atoms with Gasteiger partial charge in [0, 0.05) is 38.1 Å². The summed E-state index contributed by atoms with van der Waals surface area (Å²) in [5.41, 5.74) is 0.928. The third-order valence-electron chi connectivity index (χ3n) is 3.59. The number of nitrogens with zero attached hydrogens (tertiary/aromatic N) is 4. The minimum atomic E-state index is -0.263. The van der Waals surface area contributed by atoms with Gasteiger partial charge in [-0.15, -0.1) is 0 Å². The molecular formula is C18H21FN8. The van der Waals surface area contributed by atoms with Crippen molar-refractivity contribution in [3.8, 4) is 0 Å². The molecule has 0 aliphatic rings. The van der Waals surface area contributed by atoms with E-state index in [1.54, 1.807) is 36.8 Å². The molecule has 2 heterocycles. The van der Waals surface area contributed by atoms with Crippen LogP contribution in [0.1, 0.15) is 5.56 Å². The number of hydrogen-bond donors (Lipinski definition) is 4. The molecule has 0 aliphatic heterocycles. The fourth-order valence-corrected chi connectivity index (χ4v) is 2.27. The third-order valence-corrected chi connectivity index (χ3v) is 3.59. The molecule has 0 atom stereocenters. The molecule has 0 bridgehead atoms. The zero-order chi connectivity index (χ0) is 18.9. The van der Waals surface area contributed by atoms with Crippen LogP contribution in [0.3, 0.4) is 0 Å². The standard InChI is InChI=1S/C18H21FN8/c1-20-6-8-22-15-10-16(25-17-12-21-7-9-23-17)27-18(26-15)24-11-13-2-4-14(19)5-3-13/h2-5,7,9-10,12,20H,6,8,11H2,1H3,(H3,22,23,24,25,26,27). The van der Waals surface area contributed by atoms with Gasteiger partial charge in [0.1, 0.15) is 23.3 Å². The molecule has 8 nitrogen and oxygen atoms in total. The highest BCUT2D eigenvalue weighted by atomic mass is 19.1. The number of aromatic nitrogens is 4. The Labute approximate surface area is 156 Å². The molecule has 0 amide bonds. The van der Waals surface area contributed by atoms with Crippen LogP contribution < -0.4 is 21.3 Å². The summed E-state index contributed by atoms with van der Waals surface area (Å²) in [6, 6.07) is 8.09. The van der Waals surface area contributed by atoms with Gasteiger partial charge in [0.15, 0.2) is 0 Å². The van der Waals surface area contributed by atoms with Crippen molar-refractivity contribution in [2.45, 2.75) is 6.54 Å². The van der Waals surface area contributed by atoms with Crippen LogP contribution in [-0.2, 0) is 6.54 Å². The van der Waals surface area contributed by atoms with Crippen molar-refractivity contribution in [2.75, 3.05) is 36.1 Å². The van der Waals surface area contributed by atoms with Gasteiger partial charge in [-0.1, -0.05) is 12.1 Å². The first kappa shape index (κ1) is 18.5. The van der Waals surface area contributed by atoms with Gasteiger partial charge in [0.2, 0.25) is 5.95 Å². The minimum absolute atomic E-state index is 0.263. The Bertz CT molecular complexity index is 842.